The Morgan fingerprint density at radius 2 is 2.11 bits per heavy atom. The largest absolute Gasteiger partial charge is 0.491 e. The van der Waals surface area contributed by atoms with E-state index >= 15 is 0 Å². The van der Waals surface area contributed by atoms with Crippen molar-refractivity contribution < 1.29 is 4.74 Å². The third kappa shape index (κ3) is 1.97. The highest BCUT2D eigenvalue weighted by atomic mass is 16.5. The fourth-order valence-electron chi connectivity index (χ4n) is 2.15. The third-order valence-corrected chi connectivity index (χ3v) is 2.99. The van der Waals surface area contributed by atoms with Gasteiger partial charge in [0.1, 0.15) is 11.6 Å². The molecule has 0 amide bonds. The Morgan fingerprint density at radius 3 is 3.00 bits per heavy atom. The van der Waals surface area contributed by atoms with E-state index in [0.29, 0.717) is 0 Å². The molecule has 2 aromatic rings. The lowest BCUT2D eigenvalue weighted by molar-refractivity contribution is 0.322. The zero-order valence-electron chi connectivity index (χ0n) is 10.0. The number of nitrogens with zero attached hydrogens (tertiary/aromatic N) is 2. The van der Waals surface area contributed by atoms with Crippen molar-refractivity contribution in [3.05, 3.63) is 42.6 Å². The van der Waals surface area contributed by atoms with Crippen molar-refractivity contribution in [3.63, 3.8) is 0 Å². The molecule has 4 nitrogen and oxygen atoms in total. The van der Waals surface area contributed by atoms with Crippen LogP contribution in [-0.4, -0.2) is 18.1 Å². The molecule has 4 heteroatoms. The molecule has 18 heavy (non-hydrogen) atoms. The number of rotatable bonds is 1. The van der Waals surface area contributed by atoms with Crippen LogP contribution in [0.25, 0.3) is 0 Å². The topological polar surface area (TPSA) is 51.4 Å². The predicted molar refractivity (Wildman–Crippen MR) is 72.2 cm³/mol. The number of fused-ring (bicyclic) bond motifs is 1. The molecule has 2 heterocycles. The first-order chi connectivity index (χ1) is 8.84. The smallest absolute Gasteiger partial charge is 0.142 e. The van der Waals surface area contributed by atoms with Gasteiger partial charge >= 0.3 is 0 Å². The molecule has 3 rings (SSSR count). The van der Waals surface area contributed by atoms with Gasteiger partial charge in [-0.2, -0.15) is 0 Å². The zero-order chi connectivity index (χ0) is 12.4. The van der Waals surface area contributed by atoms with Gasteiger partial charge in [0.15, 0.2) is 0 Å². The van der Waals surface area contributed by atoms with Gasteiger partial charge in [0.2, 0.25) is 0 Å². The van der Waals surface area contributed by atoms with Crippen molar-refractivity contribution in [2.45, 2.75) is 6.42 Å². The summed E-state index contributed by atoms with van der Waals surface area (Å²) in [4.78, 5) is 6.55. The first-order valence-corrected chi connectivity index (χ1v) is 6.05. The summed E-state index contributed by atoms with van der Waals surface area (Å²) in [6.45, 7) is 1.61. The van der Waals surface area contributed by atoms with E-state index in [9.17, 15) is 0 Å². The van der Waals surface area contributed by atoms with Gasteiger partial charge < -0.3 is 15.4 Å². The van der Waals surface area contributed by atoms with Crippen molar-refractivity contribution in [3.8, 4) is 5.75 Å². The molecule has 0 fully saturated rings. The Bertz CT molecular complexity index is 556. The van der Waals surface area contributed by atoms with Crippen molar-refractivity contribution in [2.75, 3.05) is 23.8 Å². The van der Waals surface area contributed by atoms with Crippen molar-refractivity contribution in [1.29, 1.82) is 0 Å². The van der Waals surface area contributed by atoms with Gasteiger partial charge in [-0.05, 0) is 24.6 Å². The summed E-state index contributed by atoms with van der Waals surface area (Å²) in [6.07, 6.45) is 2.70. The Balaban J connectivity index is 2.06. The predicted octanol–water partition coefficient (Wildman–Crippen LogP) is 2.58. The Kier molecular flexibility index (Phi) is 2.76. The molecule has 1 aliphatic rings. The number of nitrogens with two attached hydrogens (primary N) is 1. The maximum Gasteiger partial charge on any atom is 0.142 e. The lowest BCUT2D eigenvalue weighted by Crippen LogP contribution is -2.18. The summed E-state index contributed by atoms with van der Waals surface area (Å²) >= 11 is 0. The van der Waals surface area contributed by atoms with Crippen LogP contribution in [0.2, 0.25) is 0 Å². The van der Waals surface area contributed by atoms with Gasteiger partial charge in [-0.25, -0.2) is 4.98 Å². The highest BCUT2D eigenvalue weighted by Gasteiger charge is 2.18. The SMILES string of the molecule is Nc1ccnc(N2CCCOc3ccccc32)c1. The molecule has 1 aromatic carbocycles. The molecule has 92 valence electrons. The molecule has 0 atom stereocenters. The van der Waals surface area contributed by atoms with Crippen LogP contribution in [0.15, 0.2) is 42.6 Å². The Morgan fingerprint density at radius 1 is 1.22 bits per heavy atom. The van der Waals surface area contributed by atoms with E-state index in [-0.39, 0.29) is 0 Å². The number of nitrogen functional groups attached to an aromatic ring is 1. The minimum Gasteiger partial charge on any atom is -0.491 e. The van der Waals surface area contributed by atoms with Crippen LogP contribution in [0, 0.1) is 0 Å². The minimum absolute atomic E-state index is 0.725. The van der Waals surface area contributed by atoms with Crippen molar-refractivity contribution in [2.24, 2.45) is 0 Å². The van der Waals surface area contributed by atoms with Gasteiger partial charge in [0.05, 0.1) is 12.3 Å². The van der Waals surface area contributed by atoms with E-state index < -0.39 is 0 Å². The summed E-state index contributed by atoms with van der Waals surface area (Å²) in [5, 5.41) is 0. The number of pyridine rings is 1. The molecule has 0 unspecified atom stereocenters. The maximum atomic E-state index is 5.83. The lowest BCUT2D eigenvalue weighted by Gasteiger charge is -2.22. The molecule has 0 saturated carbocycles. The van der Waals surface area contributed by atoms with Crippen LogP contribution in [0.3, 0.4) is 0 Å². The average molecular weight is 241 g/mol. The summed E-state index contributed by atoms with van der Waals surface area (Å²) in [7, 11) is 0. The summed E-state index contributed by atoms with van der Waals surface area (Å²) in [6, 6.07) is 11.7. The van der Waals surface area contributed by atoms with E-state index in [2.05, 4.69) is 9.88 Å². The summed E-state index contributed by atoms with van der Waals surface area (Å²) < 4.78 is 5.73. The molecular weight excluding hydrogens is 226 g/mol. The third-order valence-electron chi connectivity index (χ3n) is 2.99. The fourth-order valence-corrected chi connectivity index (χ4v) is 2.15. The summed E-state index contributed by atoms with van der Waals surface area (Å²) in [5.74, 6) is 1.77. The van der Waals surface area contributed by atoms with Crippen molar-refractivity contribution >= 4 is 17.2 Å². The van der Waals surface area contributed by atoms with Gasteiger partial charge in [-0.1, -0.05) is 12.1 Å². The van der Waals surface area contributed by atoms with Gasteiger partial charge in [-0.15, -0.1) is 0 Å². The minimum atomic E-state index is 0.725. The number of hydrogen-bond donors (Lipinski definition) is 1. The number of para-hydroxylation sites is 2. The second kappa shape index (κ2) is 4.56. The van der Waals surface area contributed by atoms with E-state index in [1.807, 2.05) is 30.3 Å². The van der Waals surface area contributed by atoms with Gasteiger partial charge in [0, 0.05) is 24.5 Å². The first kappa shape index (κ1) is 10.9. The quantitative estimate of drug-likeness (QED) is 0.833. The number of ether oxygens (including phenoxy) is 1. The first-order valence-electron chi connectivity index (χ1n) is 6.05. The van der Waals surface area contributed by atoms with Crippen LogP contribution >= 0.6 is 0 Å². The molecule has 1 aromatic heterocycles. The Hall–Kier alpha value is -2.23. The van der Waals surface area contributed by atoms with E-state index in [1.54, 1.807) is 12.3 Å². The second-order valence-electron chi connectivity index (χ2n) is 4.27. The monoisotopic (exact) mass is 241 g/mol. The molecule has 1 aliphatic heterocycles. The standard InChI is InChI=1S/C14H15N3O/c15-11-6-7-16-14(10-11)17-8-3-9-18-13-5-2-1-4-12(13)17/h1-2,4-7,10H,3,8-9H2,(H2,15,16). The fraction of sp³-hybridized carbons (Fsp3) is 0.214. The number of benzene rings is 1. The summed E-state index contributed by atoms with van der Waals surface area (Å²) in [5.41, 5.74) is 7.60. The van der Waals surface area contributed by atoms with Crippen LogP contribution in [-0.2, 0) is 0 Å². The molecule has 2 N–H and O–H groups in total. The normalized spacial score (nSPS) is 14.6. The van der Waals surface area contributed by atoms with Crippen LogP contribution in [0.1, 0.15) is 6.42 Å². The van der Waals surface area contributed by atoms with Crippen LogP contribution in [0.4, 0.5) is 17.2 Å². The highest BCUT2D eigenvalue weighted by molar-refractivity contribution is 5.69. The molecule has 0 saturated heterocycles. The lowest BCUT2D eigenvalue weighted by atomic mass is 10.2. The Labute approximate surface area is 106 Å². The van der Waals surface area contributed by atoms with Crippen LogP contribution < -0.4 is 15.4 Å². The van der Waals surface area contributed by atoms with E-state index in [4.69, 9.17) is 10.5 Å². The molecule has 0 radical (unpaired) electrons. The number of hydrogen-bond acceptors (Lipinski definition) is 4. The molecule has 0 aliphatic carbocycles. The zero-order valence-corrected chi connectivity index (χ0v) is 10.0. The average Bonchev–Trinajstić information content (AvgIpc) is 2.61. The molecule has 0 spiro atoms. The highest BCUT2D eigenvalue weighted by Crippen LogP contribution is 2.35. The number of anilines is 3. The van der Waals surface area contributed by atoms with Crippen LogP contribution in [0.5, 0.6) is 5.75 Å². The van der Waals surface area contributed by atoms with E-state index in [0.717, 1.165) is 42.5 Å². The van der Waals surface area contributed by atoms with Gasteiger partial charge in [0.25, 0.3) is 0 Å². The van der Waals surface area contributed by atoms with E-state index in [1.165, 1.54) is 0 Å². The molecular formula is C14H15N3O. The van der Waals surface area contributed by atoms with Crippen molar-refractivity contribution in [1.82, 2.24) is 4.98 Å². The maximum absolute atomic E-state index is 5.83. The number of aromatic nitrogens is 1. The van der Waals surface area contributed by atoms with Gasteiger partial charge in [-0.3, -0.25) is 0 Å². The molecule has 0 bridgehead atoms. The second-order valence-corrected chi connectivity index (χ2v) is 4.27.